The van der Waals surface area contributed by atoms with Gasteiger partial charge in [-0.15, -0.1) is 0 Å². The molecule has 0 spiro atoms. The van der Waals surface area contributed by atoms with Crippen LogP contribution in [0.5, 0.6) is 0 Å². The lowest BCUT2D eigenvalue weighted by atomic mass is 10.0. The van der Waals surface area contributed by atoms with Gasteiger partial charge in [-0.2, -0.15) is 0 Å². The van der Waals surface area contributed by atoms with E-state index in [0.29, 0.717) is 16.8 Å². The summed E-state index contributed by atoms with van der Waals surface area (Å²) < 4.78 is 27.5. The second-order valence-corrected chi connectivity index (χ2v) is 10.4. The summed E-state index contributed by atoms with van der Waals surface area (Å²) >= 11 is 0. The van der Waals surface area contributed by atoms with E-state index in [1.54, 1.807) is 36.4 Å². The zero-order valence-electron chi connectivity index (χ0n) is 17.4. The number of imidazole rings is 1. The second-order valence-electron chi connectivity index (χ2n) is 8.14. The number of aryl methyl sites for hydroxylation is 2. The van der Waals surface area contributed by atoms with Gasteiger partial charge in [0.25, 0.3) is 5.91 Å². The fourth-order valence-corrected chi connectivity index (χ4v) is 6.11. The number of fused-ring (bicyclic) bond motifs is 1. The number of rotatable bonds is 5. The molecule has 1 saturated carbocycles. The average Bonchev–Trinajstić information content (AvgIpc) is 3.02. The van der Waals surface area contributed by atoms with Gasteiger partial charge in [0.2, 0.25) is 0 Å². The largest absolute Gasteiger partial charge is 0.331 e. The minimum atomic E-state index is -3.18. The summed E-state index contributed by atoms with van der Waals surface area (Å²) in [4.78, 5) is 17.2. The molecule has 6 nitrogen and oxygen atoms in total. The number of amides is 1. The van der Waals surface area contributed by atoms with Gasteiger partial charge in [0.1, 0.15) is 5.82 Å². The van der Waals surface area contributed by atoms with E-state index >= 15 is 0 Å². The maximum absolute atomic E-state index is 12.8. The monoisotopic (exact) mass is 425 g/mol. The van der Waals surface area contributed by atoms with Gasteiger partial charge in [-0.1, -0.05) is 31.4 Å². The number of carbonyl (C=O) groups excluding carboxylic acids is 1. The number of anilines is 1. The van der Waals surface area contributed by atoms with Crippen molar-refractivity contribution in [3.05, 3.63) is 59.4 Å². The van der Waals surface area contributed by atoms with Crippen LogP contribution >= 0.6 is 0 Å². The van der Waals surface area contributed by atoms with Crippen molar-refractivity contribution in [3.63, 3.8) is 0 Å². The third-order valence-corrected chi connectivity index (χ3v) is 8.20. The van der Waals surface area contributed by atoms with Gasteiger partial charge in [-0.3, -0.25) is 4.79 Å². The molecule has 0 saturated heterocycles. The number of benzene rings is 2. The number of nitrogens with zero attached hydrogens (tertiary/aromatic N) is 2. The van der Waals surface area contributed by atoms with Crippen molar-refractivity contribution in [2.75, 3.05) is 5.32 Å². The van der Waals surface area contributed by atoms with Gasteiger partial charge >= 0.3 is 0 Å². The molecule has 0 atom stereocenters. The minimum absolute atomic E-state index is 0.0144. The van der Waals surface area contributed by atoms with E-state index in [9.17, 15) is 13.2 Å². The van der Waals surface area contributed by atoms with Crippen LogP contribution in [0.4, 0.5) is 5.69 Å². The Morgan fingerprint density at radius 1 is 1.13 bits per heavy atom. The number of aromatic nitrogens is 2. The van der Waals surface area contributed by atoms with Crippen LogP contribution in [0.25, 0.3) is 11.0 Å². The molecule has 3 aromatic rings. The number of hydrogen-bond acceptors (Lipinski definition) is 4. The lowest BCUT2D eigenvalue weighted by molar-refractivity contribution is 0.102. The number of sulfone groups is 1. The van der Waals surface area contributed by atoms with E-state index < -0.39 is 9.84 Å². The summed E-state index contributed by atoms with van der Waals surface area (Å²) in [7, 11) is -1.24. The summed E-state index contributed by atoms with van der Waals surface area (Å²) in [5.74, 6) is 0.655. The van der Waals surface area contributed by atoms with Crippen LogP contribution in [0.3, 0.4) is 0 Å². The molecular formula is C23H27N3O3S. The summed E-state index contributed by atoms with van der Waals surface area (Å²) in [6.45, 7) is 1.92. The number of carbonyl (C=O) groups is 1. The molecule has 1 aliphatic rings. The first-order valence-electron chi connectivity index (χ1n) is 10.4. The van der Waals surface area contributed by atoms with Gasteiger partial charge in [0.15, 0.2) is 9.84 Å². The molecule has 0 aliphatic heterocycles. The standard InChI is InChI=1S/C23H27N3O3S/c1-16-24-21-14-18(11-12-22(21)26(16)2)23(27)25-19-8-6-7-17(13-19)15-30(28,29)20-9-4-3-5-10-20/h6-8,11-14,20H,3-5,9-10,15H2,1-2H3,(H,25,27). The van der Waals surface area contributed by atoms with Crippen LogP contribution in [0.15, 0.2) is 42.5 Å². The first kappa shape index (κ1) is 20.6. The second kappa shape index (κ2) is 8.22. The Balaban J connectivity index is 1.49. The lowest BCUT2D eigenvalue weighted by Crippen LogP contribution is -2.25. The van der Waals surface area contributed by atoms with Crippen LogP contribution in [-0.2, 0) is 22.6 Å². The van der Waals surface area contributed by atoms with Gasteiger partial charge < -0.3 is 9.88 Å². The van der Waals surface area contributed by atoms with E-state index in [1.165, 1.54) is 0 Å². The summed E-state index contributed by atoms with van der Waals surface area (Å²) in [6.07, 6.45) is 4.61. The van der Waals surface area contributed by atoms with Crippen molar-refractivity contribution >= 4 is 32.5 Å². The highest BCUT2D eigenvalue weighted by Gasteiger charge is 2.27. The number of hydrogen-bond donors (Lipinski definition) is 1. The normalized spacial score (nSPS) is 15.4. The molecule has 2 aromatic carbocycles. The zero-order valence-corrected chi connectivity index (χ0v) is 18.2. The van der Waals surface area contributed by atoms with Gasteiger partial charge in [-0.05, 0) is 55.7 Å². The Morgan fingerprint density at radius 2 is 1.90 bits per heavy atom. The Kier molecular flexibility index (Phi) is 5.64. The van der Waals surface area contributed by atoms with Crippen LogP contribution in [-0.4, -0.2) is 29.1 Å². The van der Waals surface area contributed by atoms with Gasteiger partial charge in [0, 0.05) is 18.3 Å². The highest BCUT2D eigenvalue weighted by molar-refractivity contribution is 7.91. The van der Waals surface area contributed by atoms with Gasteiger partial charge in [0.05, 0.1) is 22.0 Å². The molecule has 158 valence electrons. The van der Waals surface area contributed by atoms with E-state index in [1.807, 2.05) is 24.6 Å². The molecule has 0 radical (unpaired) electrons. The average molecular weight is 426 g/mol. The van der Waals surface area contributed by atoms with Crippen molar-refractivity contribution in [2.24, 2.45) is 7.05 Å². The molecule has 1 fully saturated rings. The molecule has 30 heavy (non-hydrogen) atoms. The predicted octanol–water partition coefficient (Wildman–Crippen LogP) is 4.38. The van der Waals surface area contributed by atoms with Crippen molar-refractivity contribution < 1.29 is 13.2 Å². The quantitative estimate of drug-likeness (QED) is 0.658. The van der Waals surface area contributed by atoms with Crippen molar-refractivity contribution in [1.29, 1.82) is 0 Å². The first-order chi connectivity index (χ1) is 14.3. The molecule has 0 unspecified atom stereocenters. The summed E-state index contributed by atoms with van der Waals surface area (Å²) in [5, 5.41) is 2.64. The third kappa shape index (κ3) is 4.26. The Bertz CT molecular complexity index is 1190. The number of nitrogens with one attached hydrogen (secondary N) is 1. The maximum Gasteiger partial charge on any atom is 0.255 e. The fraction of sp³-hybridized carbons (Fsp3) is 0.391. The smallest absolute Gasteiger partial charge is 0.255 e. The molecule has 0 bridgehead atoms. The molecule has 4 rings (SSSR count). The Labute approximate surface area is 177 Å². The summed E-state index contributed by atoms with van der Waals surface area (Å²) in [6, 6.07) is 12.5. The van der Waals surface area contributed by atoms with E-state index in [0.717, 1.165) is 49.0 Å². The molecule has 1 heterocycles. The van der Waals surface area contributed by atoms with Crippen molar-refractivity contribution in [3.8, 4) is 0 Å². The maximum atomic E-state index is 12.8. The van der Waals surface area contributed by atoms with E-state index in [2.05, 4.69) is 10.3 Å². The summed E-state index contributed by atoms with van der Waals surface area (Å²) in [5.41, 5.74) is 3.55. The molecule has 7 heteroatoms. The van der Waals surface area contributed by atoms with Crippen LogP contribution in [0.2, 0.25) is 0 Å². The highest BCUT2D eigenvalue weighted by Crippen LogP contribution is 2.27. The van der Waals surface area contributed by atoms with Crippen LogP contribution in [0.1, 0.15) is 53.8 Å². The SMILES string of the molecule is Cc1nc2cc(C(=O)Nc3cccc(CS(=O)(=O)C4CCCCC4)c3)ccc2n1C. The van der Waals surface area contributed by atoms with Gasteiger partial charge in [-0.25, -0.2) is 13.4 Å². The Hall–Kier alpha value is -2.67. The predicted molar refractivity (Wildman–Crippen MR) is 119 cm³/mol. The van der Waals surface area contributed by atoms with Crippen LogP contribution < -0.4 is 5.32 Å². The first-order valence-corrected chi connectivity index (χ1v) is 12.1. The zero-order chi connectivity index (χ0) is 21.3. The lowest BCUT2D eigenvalue weighted by Gasteiger charge is -2.21. The van der Waals surface area contributed by atoms with Crippen molar-refractivity contribution in [1.82, 2.24) is 9.55 Å². The minimum Gasteiger partial charge on any atom is -0.331 e. The van der Waals surface area contributed by atoms with Crippen LogP contribution in [0, 0.1) is 6.92 Å². The molecule has 1 N–H and O–H groups in total. The van der Waals surface area contributed by atoms with E-state index in [4.69, 9.17) is 0 Å². The molecule has 1 aliphatic carbocycles. The topological polar surface area (TPSA) is 81.1 Å². The molecular weight excluding hydrogens is 398 g/mol. The molecule has 1 aromatic heterocycles. The van der Waals surface area contributed by atoms with E-state index in [-0.39, 0.29) is 16.9 Å². The molecule has 1 amide bonds. The third-order valence-electron chi connectivity index (χ3n) is 5.98. The fourth-order valence-electron chi connectivity index (χ4n) is 4.18. The highest BCUT2D eigenvalue weighted by atomic mass is 32.2. The Morgan fingerprint density at radius 3 is 2.67 bits per heavy atom. The van der Waals surface area contributed by atoms with Crippen molar-refractivity contribution in [2.45, 2.75) is 50.0 Å².